The lowest BCUT2D eigenvalue weighted by Crippen LogP contribution is -2.58. The number of fused-ring (bicyclic) bond motifs is 1. The highest BCUT2D eigenvalue weighted by atomic mass is 16.5. The highest BCUT2D eigenvalue weighted by molar-refractivity contribution is 6.16. The van der Waals surface area contributed by atoms with E-state index >= 15 is 0 Å². The van der Waals surface area contributed by atoms with Crippen LogP contribution in [0.25, 0.3) is 0 Å². The number of carboxylic acids is 1. The van der Waals surface area contributed by atoms with Gasteiger partial charge in [-0.05, 0) is 19.8 Å². The maximum absolute atomic E-state index is 12.3. The molecule has 2 aliphatic rings. The van der Waals surface area contributed by atoms with Gasteiger partial charge in [0, 0.05) is 18.7 Å². The summed E-state index contributed by atoms with van der Waals surface area (Å²) in [4.78, 5) is 36.3. The Balaban J connectivity index is 2.15. The van der Waals surface area contributed by atoms with Crippen LogP contribution in [-0.2, 0) is 19.1 Å². The summed E-state index contributed by atoms with van der Waals surface area (Å²) >= 11 is 0. The van der Waals surface area contributed by atoms with Crippen molar-refractivity contribution in [3.63, 3.8) is 0 Å². The molecule has 0 saturated carbocycles. The van der Waals surface area contributed by atoms with E-state index in [4.69, 9.17) is 9.84 Å². The number of carbonyl (C=O) groups is 3. The zero-order valence-corrected chi connectivity index (χ0v) is 11.3. The van der Waals surface area contributed by atoms with Crippen LogP contribution in [0.5, 0.6) is 0 Å². The zero-order chi connectivity index (χ0) is 14.7. The molecular weight excluding hydrogens is 264 g/mol. The summed E-state index contributed by atoms with van der Waals surface area (Å²) in [6.45, 7) is 2.39. The number of nitrogens with zero attached hydrogens (tertiary/aromatic N) is 1. The monoisotopic (exact) mass is 282 g/mol. The van der Waals surface area contributed by atoms with E-state index in [1.165, 1.54) is 11.1 Å². The number of aliphatic carboxylic acids is 1. The molecule has 0 aromatic rings. The van der Waals surface area contributed by atoms with Crippen LogP contribution in [0.3, 0.4) is 0 Å². The molecule has 1 amide bonds. The second kappa shape index (κ2) is 5.94. The van der Waals surface area contributed by atoms with E-state index in [0.717, 1.165) is 12.8 Å². The van der Waals surface area contributed by atoms with Crippen molar-refractivity contribution < 1.29 is 24.2 Å². The summed E-state index contributed by atoms with van der Waals surface area (Å²) in [6, 6.07) is 0. The van der Waals surface area contributed by atoms with Crippen LogP contribution < -0.4 is 5.32 Å². The molecule has 2 heterocycles. The summed E-state index contributed by atoms with van der Waals surface area (Å²) in [5.41, 5.74) is -0.0286. The molecule has 1 saturated heterocycles. The molecule has 0 aromatic heterocycles. The third-order valence-electron chi connectivity index (χ3n) is 3.58. The fourth-order valence-corrected chi connectivity index (χ4v) is 2.71. The molecule has 1 fully saturated rings. The summed E-state index contributed by atoms with van der Waals surface area (Å²) in [5.74, 6) is -2.07. The highest BCUT2D eigenvalue weighted by Crippen LogP contribution is 2.28. The third kappa shape index (κ3) is 2.76. The first-order chi connectivity index (χ1) is 9.54. The average molecular weight is 282 g/mol. The third-order valence-corrected chi connectivity index (χ3v) is 3.58. The minimum Gasteiger partial charge on any atom is -0.481 e. The van der Waals surface area contributed by atoms with Gasteiger partial charge in [0.2, 0.25) is 0 Å². The number of rotatable bonds is 4. The molecule has 2 N–H and O–H groups in total. The van der Waals surface area contributed by atoms with Crippen molar-refractivity contribution in [2.45, 2.75) is 32.4 Å². The maximum Gasteiger partial charge on any atom is 0.345 e. The van der Waals surface area contributed by atoms with Crippen LogP contribution in [0.1, 0.15) is 26.2 Å². The molecule has 0 radical (unpaired) electrons. The lowest BCUT2D eigenvalue weighted by Gasteiger charge is -2.43. The molecule has 2 atom stereocenters. The predicted octanol–water partition coefficient (Wildman–Crippen LogP) is 0.0760. The molecule has 110 valence electrons. The van der Waals surface area contributed by atoms with E-state index in [-0.39, 0.29) is 36.6 Å². The van der Waals surface area contributed by atoms with Gasteiger partial charge in [-0.1, -0.05) is 0 Å². The first kappa shape index (κ1) is 14.4. The maximum atomic E-state index is 12.3. The van der Waals surface area contributed by atoms with Crippen LogP contribution in [0, 0.1) is 5.92 Å². The van der Waals surface area contributed by atoms with Gasteiger partial charge in [0.05, 0.1) is 13.0 Å². The van der Waals surface area contributed by atoms with Crippen molar-refractivity contribution in [3.8, 4) is 0 Å². The van der Waals surface area contributed by atoms with Crippen molar-refractivity contribution in [1.82, 2.24) is 10.2 Å². The first-order valence-electron chi connectivity index (χ1n) is 6.70. The molecule has 20 heavy (non-hydrogen) atoms. The van der Waals surface area contributed by atoms with Gasteiger partial charge >= 0.3 is 11.9 Å². The molecule has 0 aromatic carbocycles. The average Bonchev–Trinajstić information content (AvgIpc) is 2.39. The second-order valence-corrected chi connectivity index (χ2v) is 4.89. The molecule has 2 aliphatic heterocycles. The fourth-order valence-electron chi connectivity index (χ4n) is 2.71. The second-order valence-electron chi connectivity index (χ2n) is 4.89. The first-order valence-corrected chi connectivity index (χ1v) is 6.70. The molecule has 0 spiro atoms. The fraction of sp³-hybridized carbons (Fsp3) is 0.615. The van der Waals surface area contributed by atoms with E-state index in [0.29, 0.717) is 6.54 Å². The minimum atomic E-state index is -0.883. The Labute approximate surface area is 116 Å². The van der Waals surface area contributed by atoms with Gasteiger partial charge in [-0.3, -0.25) is 9.59 Å². The molecule has 2 unspecified atom stereocenters. The lowest BCUT2D eigenvalue weighted by molar-refractivity contribution is -0.147. The van der Waals surface area contributed by atoms with Crippen molar-refractivity contribution in [2.24, 2.45) is 5.92 Å². The van der Waals surface area contributed by atoms with Gasteiger partial charge in [0.25, 0.3) is 5.91 Å². The molecular formula is C13H18N2O5. The van der Waals surface area contributed by atoms with Gasteiger partial charge in [-0.15, -0.1) is 0 Å². The van der Waals surface area contributed by atoms with E-state index in [2.05, 4.69) is 5.32 Å². The number of nitrogens with one attached hydrogen (secondary N) is 1. The van der Waals surface area contributed by atoms with Gasteiger partial charge < -0.3 is 20.1 Å². The van der Waals surface area contributed by atoms with Crippen LogP contribution in [-0.4, -0.2) is 47.2 Å². The van der Waals surface area contributed by atoms with Gasteiger partial charge in [0.15, 0.2) is 0 Å². The van der Waals surface area contributed by atoms with E-state index in [9.17, 15) is 14.4 Å². The number of amides is 1. The van der Waals surface area contributed by atoms with E-state index < -0.39 is 11.9 Å². The molecule has 2 rings (SSSR count). The Morgan fingerprint density at radius 2 is 2.30 bits per heavy atom. The number of hydrogen-bond donors (Lipinski definition) is 2. The number of piperidine rings is 1. The van der Waals surface area contributed by atoms with Crippen LogP contribution in [0.15, 0.2) is 11.8 Å². The topological polar surface area (TPSA) is 95.9 Å². The Hall–Kier alpha value is -2.05. The SMILES string of the molecule is CCOC(=O)C1=CNC2C(CC(=O)O)CCCN2C1=O. The van der Waals surface area contributed by atoms with Crippen molar-refractivity contribution >= 4 is 17.8 Å². The van der Waals surface area contributed by atoms with Crippen molar-refractivity contribution in [2.75, 3.05) is 13.2 Å². The Morgan fingerprint density at radius 1 is 1.55 bits per heavy atom. The van der Waals surface area contributed by atoms with E-state index in [1.54, 1.807) is 6.92 Å². The summed E-state index contributed by atoms with van der Waals surface area (Å²) < 4.78 is 4.83. The van der Waals surface area contributed by atoms with Crippen LogP contribution in [0.4, 0.5) is 0 Å². The van der Waals surface area contributed by atoms with Crippen LogP contribution >= 0.6 is 0 Å². The summed E-state index contributed by atoms with van der Waals surface area (Å²) in [7, 11) is 0. The van der Waals surface area contributed by atoms with Crippen LogP contribution in [0.2, 0.25) is 0 Å². The highest BCUT2D eigenvalue weighted by Gasteiger charge is 2.40. The number of hydrogen-bond acceptors (Lipinski definition) is 5. The van der Waals surface area contributed by atoms with Gasteiger partial charge in [-0.25, -0.2) is 4.79 Å². The number of carboxylic acid groups (broad SMARTS) is 1. The Kier molecular flexibility index (Phi) is 4.26. The minimum absolute atomic E-state index is 0.00399. The molecule has 7 heteroatoms. The predicted molar refractivity (Wildman–Crippen MR) is 68.3 cm³/mol. The number of carbonyl (C=O) groups excluding carboxylic acids is 2. The van der Waals surface area contributed by atoms with Crippen molar-refractivity contribution in [1.29, 1.82) is 0 Å². The van der Waals surface area contributed by atoms with E-state index in [1.807, 2.05) is 0 Å². The zero-order valence-electron chi connectivity index (χ0n) is 11.3. The summed E-state index contributed by atoms with van der Waals surface area (Å²) in [5, 5.41) is 11.9. The molecule has 7 nitrogen and oxygen atoms in total. The normalized spacial score (nSPS) is 25.4. The standard InChI is InChI=1S/C13H18N2O5/c1-2-20-13(19)9-7-14-11-8(6-10(16)17)4-3-5-15(11)12(9)18/h7-8,11,14H,2-6H2,1H3,(H,16,17). The lowest BCUT2D eigenvalue weighted by atomic mass is 9.89. The van der Waals surface area contributed by atoms with Gasteiger partial charge in [-0.2, -0.15) is 0 Å². The smallest absolute Gasteiger partial charge is 0.345 e. The molecule has 0 bridgehead atoms. The summed E-state index contributed by atoms with van der Waals surface area (Å²) in [6.07, 6.45) is 2.48. The quantitative estimate of drug-likeness (QED) is 0.560. The van der Waals surface area contributed by atoms with Gasteiger partial charge in [0.1, 0.15) is 11.7 Å². The number of esters is 1. The Bertz CT molecular complexity index is 460. The number of ether oxygens (including phenoxy) is 1. The largest absolute Gasteiger partial charge is 0.481 e. The Morgan fingerprint density at radius 3 is 2.95 bits per heavy atom. The van der Waals surface area contributed by atoms with Crippen molar-refractivity contribution in [3.05, 3.63) is 11.8 Å². The molecule has 0 aliphatic carbocycles.